The van der Waals surface area contributed by atoms with Crippen molar-refractivity contribution in [2.45, 2.75) is 26.7 Å². The second-order valence-corrected chi connectivity index (χ2v) is 5.67. The van der Waals surface area contributed by atoms with Gasteiger partial charge >= 0.3 is 0 Å². The second-order valence-electron chi connectivity index (χ2n) is 5.11. The molecule has 0 radical (unpaired) electrons. The van der Waals surface area contributed by atoms with Crippen molar-refractivity contribution in [2.75, 3.05) is 18.5 Å². The van der Waals surface area contributed by atoms with Gasteiger partial charge in [0.15, 0.2) is 0 Å². The first kappa shape index (κ1) is 12.1. The number of aryl methyl sites for hydroxylation is 2. The SMILES string of the molecule is Cc1cc(C)cc(CC2(CBr)CCOC2)c1. The number of rotatable bonds is 3. The molecule has 1 nitrogen and oxygen atoms in total. The van der Waals surface area contributed by atoms with Crippen LogP contribution in [0.25, 0.3) is 0 Å². The third-order valence-corrected chi connectivity index (χ3v) is 4.52. The highest BCUT2D eigenvalue weighted by atomic mass is 79.9. The molecule has 1 heterocycles. The molecule has 1 atom stereocenters. The molecule has 0 aromatic heterocycles. The molecule has 1 aromatic carbocycles. The lowest BCUT2D eigenvalue weighted by atomic mass is 9.82. The van der Waals surface area contributed by atoms with Crippen molar-refractivity contribution in [2.24, 2.45) is 5.41 Å². The van der Waals surface area contributed by atoms with Gasteiger partial charge in [0.1, 0.15) is 0 Å². The molecule has 1 fully saturated rings. The van der Waals surface area contributed by atoms with Gasteiger partial charge in [-0.3, -0.25) is 0 Å². The molecular formula is C14H19BrO. The van der Waals surface area contributed by atoms with E-state index in [-0.39, 0.29) is 0 Å². The van der Waals surface area contributed by atoms with Gasteiger partial charge in [0, 0.05) is 17.4 Å². The van der Waals surface area contributed by atoms with Crippen molar-refractivity contribution < 1.29 is 4.74 Å². The van der Waals surface area contributed by atoms with Crippen LogP contribution < -0.4 is 0 Å². The lowest BCUT2D eigenvalue weighted by Crippen LogP contribution is -2.25. The zero-order valence-corrected chi connectivity index (χ0v) is 11.6. The first-order valence-corrected chi connectivity index (χ1v) is 6.97. The molecule has 0 amide bonds. The molecule has 1 saturated heterocycles. The minimum atomic E-state index is 0.320. The summed E-state index contributed by atoms with van der Waals surface area (Å²) >= 11 is 3.65. The second kappa shape index (κ2) is 4.89. The van der Waals surface area contributed by atoms with E-state index in [1.807, 2.05) is 0 Å². The van der Waals surface area contributed by atoms with Crippen LogP contribution in [0.1, 0.15) is 23.1 Å². The minimum Gasteiger partial charge on any atom is -0.381 e. The van der Waals surface area contributed by atoms with E-state index in [0.29, 0.717) is 5.41 Å². The molecule has 0 aliphatic carbocycles. The Hall–Kier alpha value is -0.340. The molecule has 0 N–H and O–H groups in total. The topological polar surface area (TPSA) is 9.23 Å². The van der Waals surface area contributed by atoms with Gasteiger partial charge in [0.2, 0.25) is 0 Å². The lowest BCUT2D eigenvalue weighted by molar-refractivity contribution is 0.162. The molecule has 1 unspecified atom stereocenters. The van der Waals surface area contributed by atoms with Crippen LogP contribution in [0.4, 0.5) is 0 Å². The maximum absolute atomic E-state index is 5.55. The van der Waals surface area contributed by atoms with Crippen molar-refractivity contribution in [1.82, 2.24) is 0 Å². The van der Waals surface area contributed by atoms with Crippen molar-refractivity contribution in [3.05, 3.63) is 34.9 Å². The summed E-state index contributed by atoms with van der Waals surface area (Å²) < 4.78 is 5.55. The molecule has 1 aliphatic rings. The van der Waals surface area contributed by atoms with Gasteiger partial charge in [0.25, 0.3) is 0 Å². The quantitative estimate of drug-likeness (QED) is 0.769. The summed E-state index contributed by atoms with van der Waals surface area (Å²) in [6.07, 6.45) is 2.30. The standard InChI is InChI=1S/C14H19BrO/c1-11-5-12(2)7-13(6-11)8-14(9-15)3-4-16-10-14/h5-7H,3-4,8-10H2,1-2H3. The summed E-state index contributed by atoms with van der Waals surface area (Å²) in [4.78, 5) is 0. The van der Waals surface area contributed by atoms with Crippen molar-refractivity contribution >= 4 is 15.9 Å². The lowest BCUT2D eigenvalue weighted by Gasteiger charge is -2.25. The van der Waals surface area contributed by atoms with Crippen LogP contribution in [0.5, 0.6) is 0 Å². The summed E-state index contributed by atoms with van der Waals surface area (Å²) in [5, 5.41) is 1.03. The Morgan fingerprint density at radius 2 is 1.94 bits per heavy atom. The number of hydrogen-bond acceptors (Lipinski definition) is 1. The number of alkyl halides is 1. The van der Waals surface area contributed by atoms with Crippen molar-refractivity contribution in [3.63, 3.8) is 0 Å². The van der Waals surface area contributed by atoms with Gasteiger partial charge < -0.3 is 4.74 Å². The van der Waals surface area contributed by atoms with Gasteiger partial charge in [-0.05, 0) is 32.3 Å². The third kappa shape index (κ3) is 2.67. The molecule has 1 aliphatic heterocycles. The Morgan fingerprint density at radius 1 is 1.25 bits per heavy atom. The monoisotopic (exact) mass is 282 g/mol. The van der Waals surface area contributed by atoms with Crippen LogP contribution in [-0.4, -0.2) is 18.5 Å². The number of ether oxygens (including phenoxy) is 1. The molecule has 2 heteroatoms. The first-order chi connectivity index (χ1) is 7.63. The summed E-state index contributed by atoms with van der Waals surface area (Å²) in [6.45, 7) is 6.15. The Balaban J connectivity index is 2.18. The highest BCUT2D eigenvalue weighted by molar-refractivity contribution is 9.09. The van der Waals surface area contributed by atoms with E-state index in [4.69, 9.17) is 4.74 Å². The molecule has 0 spiro atoms. The zero-order valence-electron chi connectivity index (χ0n) is 10.1. The van der Waals surface area contributed by atoms with Crippen LogP contribution in [-0.2, 0) is 11.2 Å². The highest BCUT2D eigenvalue weighted by Crippen LogP contribution is 2.34. The predicted octanol–water partition coefficient (Wildman–Crippen LogP) is 3.65. The maximum Gasteiger partial charge on any atom is 0.0534 e. The van der Waals surface area contributed by atoms with Crippen LogP contribution in [0.2, 0.25) is 0 Å². The zero-order chi connectivity index (χ0) is 11.6. The fourth-order valence-corrected chi connectivity index (χ4v) is 3.19. The van der Waals surface area contributed by atoms with Crippen LogP contribution in [0, 0.1) is 19.3 Å². The summed E-state index contributed by atoms with van der Waals surface area (Å²) in [5.41, 5.74) is 4.49. The van der Waals surface area contributed by atoms with Gasteiger partial charge in [-0.25, -0.2) is 0 Å². The average Bonchev–Trinajstić information content (AvgIpc) is 2.65. The van der Waals surface area contributed by atoms with E-state index in [2.05, 4.69) is 48.0 Å². The molecule has 16 heavy (non-hydrogen) atoms. The van der Waals surface area contributed by atoms with E-state index in [1.165, 1.54) is 23.1 Å². The fourth-order valence-electron chi connectivity index (χ4n) is 2.55. The van der Waals surface area contributed by atoms with Gasteiger partial charge in [0.05, 0.1) is 6.61 Å². The third-order valence-electron chi connectivity index (χ3n) is 3.33. The highest BCUT2D eigenvalue weighted by Gasteiger charge is 2.33. The Labute approximate surface area is 106 Å². The van der Waals surface area contributed by atoms with E-state index < -0.39 is 0 Å². The Kier molecular flexibility index (Phi) is 3.70. The normalized spacial score (nSPS) is 24.9. The smallest absolute Gasteiger partial charge is 0.0534 e. The summed E-state index contributed by atoms with van der Waals surface area (Å²) in [6, 6.07) is 6.83. The number of hydrogen-bond donors (Lipinski definition) is 0. The van der Waals surface area contributed by atoms with Gasteiger partial charge in [-0.15, -0.1) is 0 Å². The largest absolute Gasteiger partial charge is 0.381 e. The molecule has 1 aromatic rings. The fraction of sp³-hybridized carbons (Fsp3) is 0.571. The average molecular weight is 283 g/mol. The summed E-state index contributed by atoms with van der Waals surface area (Å²) in [5.74, 6) is 0. The van der Waals surface area contributed by atoms with Gasteiger partial charge in [-0.1, -0.05) is 45.3 Å². The van der Waals surface area contributed by atoms with Crippen LogP contribution in [0.3, 0.4) is 0 Å². The molecule has 88 valence electrons. The van der Waals surface area contributed by atoms with Crippen LogP contribution in [0.15, 0.2) is 18.2 Å². The van der Waals surface area contributed by atoms with E-state index in [1.54, 1.807) is 0 Å². The Morgan fingerprint density at radius 3 is 2.44 bits per heavy atom. The molecule has 2 rings (SSSR count). The number of halogens is 1. The van der Waals surface area contributed by atoms with Crippen LogP contribution >= 0.6 is 15.9 Å². The molecule has 0 bridgehead atoms. The van der Waals surface area contributed by atoms with Crippen molar-refractivity contribution in [1.29, 1.82) is 0 Å². The van der Waals surface area contributed by atoms with Gasteiger partial charge in [-0.2, -0.15) is 0 Å². The molecule has 0 saturated carbocycles. The Bertz CT molecular complexity index is 347. The summed E-state index contributed by atoms with van der Waals surface area (Å²) in [7, 11) is 0. The van der Waals surface area contributed by atoms with E-state index in [0.717, 1.165) is 25.0 Å². The van der Waals surface area contributed by atoms with Crippen molar-refractivity contribution in [3.8, 4) is 0 Å². The first-order valence-electron chi connectivity index (χ1n) is 5.84. The van der Waals surface area contributed by atoms with E-state index >= 15 is 0 Å². The number of benzene rings is 1. The minimum absolute atomic E-state index is 0.320. The predicted molar refractivity (Wildman–Crippen MR) is 71.3 cm³/mol. The molecular weight excluding hydrogens is 264 g/mol. The maximum atomic E-state index is 5.55. The van der Waals surface area contributed by atoms with E-state index in [9.17, 15) is 0 Å².